The fourth-order valence-electron chi connectivity index (χ4n) is 1.86. The van der Waals surface area contributed by atoms with Gasteiger partial charge in [0.2, 0.25) is 0 Å². The minimum absolute atomic E-state index is 0.592. The molecule has 1 saturated carbocycles. The molecule has 2 aromatic rings. The van der Waals surface area contributed by atoms with Gasteiger partial charge >= 0.3 is 0 Å². The Kier molecular flexibility index (Phi) is 4.23. The Labute approximate surface area is 117 Å². The number of aromatic nitrogens is 1. The van der Waals surface area contributed by atoms with Gasteiger partial charge in [0.25, 0.3) is 0 Å². The van der Waals surface area contributed by atoms with Crippen LogP contribution in [0.4, 0.5) is 0 Å². The highest BCUT2D eigenvalue weighted by atomic mass is 32.1. The van der Waals surface area contributed by atoms with Crippen LogP contribution in [0, 0.1) is 0 Å². The van der Waals surface area contributed by atoms with E-state index in [2.05, 4.69) is 27.8 Å². The molecule has 0 spiro atoms. The highest BCUT2D eigenvalue weighted by molar-refractivity contribution is 7.09. The van der Waals surface area contributed by atoms with E-state index in [1.807, 2.05) is 18.2 Å². The predicted molar refractivity (Wildman–Crippen MR) is 76.9 cm³/mol. The van der Waals surface area contributed by atoms with Crippen molar-refractivity contribution in [3.05, 3.63) is 52.0 Å². The summed E-state index contributed by atoms with van der Waals surface area (Å²) in [5.41, 5.74) is 2.24. The fraction of sp³-hybridized carbons (Fsp3) is 0.400. The minimum atomic E-state index is 0.592. The summed E-state index contributed by atoms with van der Waals surface area (Å²) in [4.78, 5) is 4.57. The summed E-state index contributed by atoms with van der Waals surface area (Å²) in [6, 6.07) is 11.0. The largest absolute Gasteiger partial charge is 0.370 e. The average Bonchev–Trinajstić information content (AvgIpc) is 3.17. The molecular weight excluding hydrogens is 256 g/mol. The molecule has 0 unspecified atom stereocenters. The number of hydrogen-bond acceptors (Lipinski definition) is 4. The molecule has 1 fully saturated rings. The lowest BCUT2D eigenvalue weighted by atomic mass is 10.2. The van der Waals surface area contributed by atoms with Crippen LogP contribution in [-0.4, -0.2) is 11.0 Å². The number of rotatable bonds is 7. The van der Waals surface area contributed by atoms with Crippen molar-refractivity contribution >= 4 is 11.3 Å². The molecule has 4 heteroatoms. The summed E-state index contributed by atoms with van der Waals surface area (Å²) < 4.78 is 5.68. The van der Waals surface area contributed by atoms with Gasteiger partial charge in [0.05, 0.1) is 18.9 Å². The lowest BCUT2D eigenvalue weighted by molar-refractivity contribution is 0.105. The summed E-state index contributed by atoms with van der Waals surface area (Å²) in [5.74, 6) is 0. The Morgan fingerprint density at radius 1 is 1.21 bits per heavy atom. The Bertz CT molecular complexity index is 508. The number of nitrogens with zero attached hydrogens (tertiary/aromatic N) is 1. The molecule has 0 saturated heterocycles. The third kappa shape index (κ3) is 4.13. The molecule has 0 aliphatic heterocycles. The van der Waals surface area contributed by atoms with Gasteiger partial charge in [0.15, 0.2) is 0 Å². The van der Waals surface area contributed by atoms with Crippen LogP contribution in [0.2, 0.25) is 0 Å². The Hall–Kier alpha value is -1.23. The van der Waals surface area contributed by atoms with Gasteiger partial charge in [-0.15, -0.1) is 11.3 Å². The van der Waals surface area contributed by atoms with Crippen LogP contribution >= 0.6 is 11.3 Å². The van der Waals surface area contributed by atoms with E-state index in [9.17, 15) is 0 Å². The molecule has 100 valence electrons. The van der Waals surface area contributed by atoms with Crippen LogP contribution in [0.3, 0.4) is 0 Å². The molecule has 0 atom stereocenters. The van der Waals surface area contributed by atoms with Crippen molar-refractivity contribution in [3.63, 3.8) is 0 Å². The van der Waals surface area contributed by atoms with Crippen molar-refractivity contribution in [2.24, 2.45) is 0 Å². The SMILES string of the molecule is c1ccc(COCc2csc(CNC3CC3)n2)cc1. The first-order chi connectivity index (χ1) is 9.40. The van der Waals surface area contributed by atoms with Crippen molar-refractivity contribution in [2.75, 3.05) is 0 Å². The van der Waals surface area contributed by atoms with E-state index in [-0.39, 0.29) is 0 Å². The highest BCUT2D eigenvalue weighted by Crippen LogP contribution is 2.20. The van der Waals surface area contributed by atoms with Crippen molar-refractivity contribution in [2.45, 2.75) is 38.6 Å². The third-order valence-corrected chi connectivity index (χ3v) is 3.98. The van der Waals surface area contributed by atoms with Crippen LogP contribution in [0.5, 0.6) is 0 Å². The van der Waals surface area contributed by atoms with Crippen molar-refractivity contribution < 1.29 is 4.74 Å². The lowest BCUT2D eigenvalue weighted by Crippen LogP contribution is -2.15. The van der Waals surface area contributed by atoms with Crippen LogP contribution in [0.25, 0.3) is 0 Å². The average molecular weight is 274 g/mol. The summed E-state index contributed by atoms with van der Waals surface area (Å²) in [6.07, 6.45) is 2.64. The summed E-state index contributed by atoms with van der Waals surface area (Å²) in [6.45, 7) is 2.14. The van der Waals surface area contributed by atoms with Crippen molar-refractivity contribution in [1.29, 1.82) is 0 Å². The van der Waals surface area contributed by atoms with Crippen LogP contribution in [-0.2, 0) is 24.5 Å². The molecule has 1 aromatic carbocycles. The molecule has 1 aliphatic carbocycles. The Balaban J connectivity index is 1.42. The second-order valence-electron chi connectivity index (χ2n) is 4.87. The normalized spacial score (nSPS) is 14.7. The molecule has 1 N–H and O–H groups in total. The first-order valence-electron chi connectivity index (χ1n) is 6.68. The van der Waals surface area contributed by atoms with Gasteiger partial charge in [-0.25, -0.2) is 4.98 Å². The van der Waals surface area contributed by atoms with Gasteiger partial charge in [-0.1, -0.05) is 30.3 Å². The van der Waals surface area contributed by atoms with Gasteiger partial charge in [0, 0.05) is 18.0 Å². The summed E-state index contributed by atoms with van der Waals surface area (Å²) in [5, 5.41) is 6.73. The summed E-state index contributed by atoms with van der Waals surface area (Å²) in [7, 11) is 0. The van der Waals surface area contributed by atoms with Crippen molar-refractivity contribution in [1.82, 2.24) is 10.3 Å². The minimum Gasteiger partial charge on any atom is -0.370 e. The zero-order chi connectivity index (χ0) is 12.9. The van der Waals surface area contributed by atoms with Gasteiger partial charge in [-0.2, -0.15) is 0 Å². The predicted octanol–water partition coefficient (Wildman–Crippen LogP) is 3.11. The van der Waals surface area contributed by atoms with Crippen molar-refractivity contribution in [3.8, 4) is 0 Å². The molecule has 1 aromatic heterocycles. The first kappa shape index (κ1) is 12.8. The van der Waals surface area contributed by atoms with E-state index < -0.39 is 0 Å². The topological polar surface area (TPSA) is 34.1 Å². The fourth-order valence-corrected chi connectivity index (χ4v) is 2.59. The Morgan fingerprint density at radius 3 is 2.84 bits per heavy atom. The number of nitrogens with one attached hydrogen (secondary N) is 1. The van der Waals surface area contributed by atoms with E-state index in [4.69, 9.17) is 4.74 Å². The second-order valence-corrected chi connectivity index (χ2v) is 5.81. The van der Waals surface area contributed by atoms with Gasteiger partial charge < -0.3 is 10.1 Å². The molecule has 0 bridgehead atoms. The molecular formula is C15H18N2OS. The van der Waals surface area contributed by atoms with Gasteiger partial charge in [0.1, 0.15) is 5.01 Å². The second kappa shape index (κ2) is 6.28. The zero-order valence-corrected chi connectivity index (χ0v) is 11.7. The molecule has 1 aliphatic rings. The first-order valence-corrected chi connectivity index (χ1v) is 7.56. The summed E-state index contributed by atoms with van der Waals surface area (Å²) >= 11 is 1.71. The molecule has 0 radical (unpaired) electrons. The standard InChI is InChI=1S/C15H18N2OS/c1-2-4-12(5-3-1)9-18-10-14-11-19-15(17-14)8-16-13-6-7-13/h1-5,11,13,16H,6-10H2. The van der Waals surface area contributed by atoms with Gasteiger partial charge in [-0.3, -0.25) is 0 Å². The Morgan fingerprint density at radius 2 is 2.05 bits per heavy atom. The molecule has 0 amide bonds. The quantitative estimate of drug-likeness (QED) is 0.842. The van der Waals surface area contributed by atoms with Crippen LogP contribution in [0.15, 0.2) is 35.7 Å². The number of ether oxygens (including phenoxy) is 1. The maximum Gasteiger partial charge on any atom is 0.107 e. The molecule has 1 heterocycles. The third-order valence-electron chi connectivity index (χ3n) is 3.08. The lowest BCUT2D eigenvalue weighted by Gasteiger charge is -2.02. The number of hydrogen-bond donors (Lipinski definition) is 1. The van der Waals surface area contributed by atoms with E-state index in [1.54, 1.807) is 11.3 Å². The maximum absolute atomic E-state index is 5.68. The van der Waals surface area contributed by atoms with E-state index in [0.29, 0.717) is 13.2 Å². The van der Waals surface area contributed by atoms with E-state index >= 15 is 0 Å². The zero-order valence-electron chi connectivity index (χ0n) is 10.8. The smallest absolute Gasteiger partial charge is 0.107 e. The molecule has 3 rings (SSSR count). The van der Waals surface area contributed by atoms with Crippen LogP contribution < -0.4 is 5.32 Å². The monoisotopic (exact) mass is 274 g/mol. The van der Waals surface area contributed by atoms with E-state index in [1.165, 1.54) is 18.4 Å². The number of thiazole rings is 1. The van der Waals surface area contributed by atoms with Crippen LogP contribution in [0.1, 0.15) is 29.1 Å². The maximum atomic E-state index is 5.68. The van der Waals surface area contributed by atoms with E-state index in [0.717, 1.165) is 23.3 Å². The molecule has 3 nitrogen and oxygen atoms in total. The highest BCUT2D eigenvalue weighted by Gasteiger charge is 2.20. The molecule has 19 heavy (non-hydrogen) atoms. The van der Waals surface area contributed by atoms with Gasteiger partial charge in [-0.05, 0) is 18.4 Å². The number of benzene rings is 1.